The smallest absolute Gasteiger partial charge is 0.0766 e. The Morgan fingerprint density at radius 2 is 2.10 bits per heavy atom. The summed E-state index contributed by atoms with van der Waals surface area (Å²) in [5.41, 5.74) is 2.81. The van der Waals surface area contributed by atoms with E-state index in [0.717, 1.165) is 19.4 Å². The summed E-state index contributed by atoms with van der Waals surface area (Å²) < 4.78 is 3.30. The van der Waals surface area contributed by atoms with Crippen molar-refractivity contribution in [3.63, 3.8) is 0 Å². The fourth-order valence-corrected chi connectivity index (χ4v) is 4.23. The van der Waals surface area contributed by atoms with Crippen molar-refractivity contribution in [2.75, 3.05) is 6.54 Å². The van der Waals surface area contributed by atoms with E-state index in [0.29, 0.717) is 0 Å². The van der Waals surface area contributed by atoms with Crippen molar-refractivity contribution in [3.05, 3.63) is 15.9 Å². The van der Waals surface area contributed by atoms with Crippen LogP contribution in [0, 0.1) is 0 Å². The van der Waals surface area contributed by atoms with Crippen LogP contribution in [0.2, 0.25) is 0 Å². The first-order chi connectivity index (χ1) is 9.62. The van der Waals surface area contributed by atoms with Crippen molar-refractivity contribution >= 4 is 15.9 Å². The molecule has 0 saturated carbocycles. The summed E-state index contributed by atoms with van der Waals surface area (Å²) in [6.45, 7) is 5.63. The van der Waals surface area contributed by atoms with E-state index in [1.165, 1.54) is 54.4 Å². The van der Waals surface area contributed by atoms with Crippen LogP contribution in [-0.2, 0) is 19.9 Å². The molecule has 0 aliphatic carbocycles. The minimum atomic E-state index is 0.270. The molecule has 0 spiro atoms. The maximum atomic E-state index is 4.65. The van der Waals surface area contributed by atoms with Crippen molar-refractivity contribution in [2.24, 2.45) is 7.05 Å². The largest absolute Gasteiger partial charge is 0.311 e. The number of hydrogen-bond acceptors (Lipinski definition) is 2. The molecule has 1 aromatic heterocycles. The predicted molar refractivity (Wildman–Crippen MR) is 88.1 cm³/mol. The maximum Gasteiger partial charge on any atom is 0.0766 e. The van der Waals surface area contributed by atoms with E-state index in [1.807, 2.05) is 0 Å². The van der Waals surface area contributed by atoms with Gasteiger partial charge in [-0.1, -0.05) is 33.1 Å². The molecule has 0 radical (unpaired) electrons. The molecular formula is C16H28BrN3. The van der Waals surface area contributed by atoms with Gasteiger partial charge in [-0.15, -0.1) is 0 Å². The molecule has 0 bridgehead atoms. The second kappa shape index (κ2) is 7.08. The highest BCUT2D eigenvalue weighted by Crippen LogP contribution is 2.32. The molecule has 114 valence electrons. The van der Waals surface area contributed by atoms with E-state index in [2.05, 4.69) is 51.9 Å². The highest BCUT2D eigenvalue weighted by Gasteiger charge is 2.32. The van der Waals surface area contributed by atoms with Crippen molar-refractivity contribution in [1.29, 1.82) is 0 Å². The molecule has 1 atom stereocenters. The number of aromatic nitrogens is 2. The zero-order valence-electron chi connectivity index (χ0n) is 13.1. The molecule has 1 aliphatic heterocycles. The van der Waals surface area contributed by atoms with Crippen LogP contribution in [-0.4, -0.2) is 21.9 Å². The Labute approximate surface area is 131 Å². The molecule has 0 aromatic carbocycles. The molecule has 1 aliphatic rings. The van der Waals surface area contributed by atoms with Crippen LogP contribution in [0.1, 0.15) is 63.8 Å². The van der Waals surface area contributed by atoms with Crippen LogP contribution in [0.4, 0.5) is 0 Å². The molecule has 4 heteroatoms. The molecular weight excluding hydrogens is 314 g/mol. The summed E-state index contributed by atoms with van der Waals surface area (Å²) in [6.07, 6.45) is 9.90. The Morgan fingerprint density at radius 1 is 1.30 bits per heavy atom. The standard InChI is InChI=1S/C16H28BrN3/c1-4-9-16(10-7-6-8-11-18-16)12-14-15(17)13(5-2)19-20(14)3/h18H,4-12H2,1-3H3. The van der Waals surface area contributed by atoms with Crippen molar-refractivity contribution < 1.29 is 0 Å². The van der Waals surface area contributed by atoms with Gasteiger partial charge < -0.3 is 5.32 Å². The summed E-state index contributed by atoms with van der Waals surface area (Å²) in [5, 5.41) is 8.52. The average Bonchev–Trinajstić information content (AvgIpc) is 2.61. The van der Waals surface area contributed by atoms with Crippen LogP contribution in [0.3, 0.4) is 0 Å². The van der Waals surface area contributed by atoms with Gasteiger partial charge in [0.1, 0.15) is 0 Å². The van der Waals surface area contributed by atoms with Gasteiger partial charge in [0.2, 0.25) is 0 Å². The van der Waals surface area contributed by atoms with E-state index in [1.54, 1.807) is 0 Å². The van der Waals surface area contributed by atoms with Crippen LogP contribution >= 0.6 is 15.9 Å². The predicted octanol–water partition coefficient (Wildman–Crippen LogP) is 3.99. The SMILES string of the molecule is CCCC1(Cc2c(Br)c(CC)nn2C)CCCCCN1. The van der Waals surface area contributed by atoms with Gasteiger partial charge in [0.25, 0.3) is 0 Å². The second-order valence-electron chi connectivity index (χ2n) is 6.13. The third-order valence-electron chi connectivity index (χ3n) is 4.57. The lowest BCUT2D eigenvalue weighted by atomic mass is 9.84. The molecule has 2 rings (SSSR count). The minimum Gasteiger partial charge on any atom is -0.311 e. The van der Waals surface area contributed by atoms with Gasteiger partial charge in [0, 0.05) is 19.0 Å². The van der Waals surface area contributed by atoms with E-state index >= 15 is 0 Å². The van der Waals surface area contributed by atoms with Crippen LogP contribution < -0.4 is 5.32 Å². The number of aryl methyl sites for hydroxylation is 2. The molecule has 20 heavy (non-hydrogen) atoms. The molecule has 0 amide bonds. The van der Waals surface area contributed by atoms with Crippen molar-refractivity contribution in [1.82, 2.24) is 15.1 Å². The Balaban J connectivity index is 2.25. The number of halogens is 1. The van der Waals surface area contributed by atoms with E-state index in [-0.39, 0.29) is 5.54 Å². The van der Waals surface area contributed by atoms with Crippen LogP contribution in [0.15, 0.2) is 4.47 Å². The molecule has 3 nitrogen and oxygen atoms in total. The Hall–Kier alpha value is -0.350. The van der Waals surface area contributed by atoms with Crippen molar-refractivity contribution in [3.8, 4) is 0 Å². The summed E-state index contributed by atoms with van der Waals surface area (Å²) in [6, 6.07) is 0. The summed E-state index contributed by atoms with van der Waals surface area (Å²) >= 11 is 3.77. The van der Waals surface area contributed by atoms with E-state index < -0.39 is 0 Å². The number of nitrogens with zero attached hydrogens (tertiary/aromatic N) is 2. The van der Waals surface area contributed by atoms with Gasteiger partial charge in [-0.2, -0.15) is 5.10 Å². The lowest BCUT2D eigenvalue weighted by Gasteiger charge is -2.34. The Morgan fingerprint density at radius 3 is 2.75 bits per heavy atom. The monoisotopic (exact) mass is 341 g/mol. The fraction of sp³-hybridized carbons (Fsp3) is 0.812. The van der Waals surface area contributed by atoms with Gasteiger partial charge in [-0.25, -0.2) is 0 Å². The normalized spacial score (nSPS) is 23.8. The topological polar surface area (TPSA) is 29.9 Å². The lowest BCUT2D eigenvalue weighted by molar-refractivity contribution is 0.282. The third kappa shape index (κ3) is 3.45. The molecule has 1 unspecified atom stereocenters. The van der Waals surface area contributed by atoms with Gasteiger partial charge in [0.15, 0.2) is 0 Å². The number of hydrogen-bond donors (Lipinski definition) is 1. The van der Waals surface area contributed by atoms with Gasteiger partial charge >= 0.3 is 0 Å². The van der Waals surface area contributed by atoms with Gasteiger partial charge in [-0.3, -0.25) is 4.68 Å². The highest BCUT2D eigenvalue weighted by atomic mass is 79.9. The minimum absolute atomic E-state index is 0.270. The van der Waals surface area contributed by atoms with Gasteiger partial charge in [-0.05, 0) is 48.2 Å². The molecule has 2 heterocycles. The number of nitrogens with one attached hydrogen (secondary N) is 1. The second-order valence-corrected chi connectivity index (χ2v) is 6.92. The molecule has 1 N–H and O–H groups in total. The molecule has 1 saturated heterocycles. The average molecular weight is 342 g/mol. The van der Waals surface area contributed by atoms with E-state index in [9.17, 15) is 0 Å². The zero-order chi connectivity index (χ0) is 14.6. The van der Waals surface area contributed by atoms with E-state index in [4.69, 9.17) is 0 Å². The quantitative estimate of drug-likeness (QED) is 0.877. The third-order valence-corrected chi connectivity index (χ3v) is 5.48. The molecule has 1 aromatic rings. The Bertz CT molecular complexity index is 431. The first-order valence-electron chi connectivity index (χ1n) is 8.07. The summed E-state index contributed by atoms with van der Waals surface area (Å²) in [4.78, 5) is 0. The first kappa shape index (κ1) is 16.0. The lowest BCUT2D eigenvalue weighted by Crippen LogP contribution is -2.47. The van der Waals surface area contributed by atoms with Crippen LogP contribution in [0.25, 0.3) is 0 Å². The Kier molecular flexibility index (Phi) is 5.67. The summed E-state index contributed by atoms with van der Waals surface area (Å²) in [7, 11) is 2.08. The van der Waals surface area contributed by atoms with Gasteiger partial charge in [0.05, 0.1) is 15.9 Å². The molecule has 1 fully saturated rings. The maximum absolute atomic E-state index is 4.65. The number of rotatable bonds is 5. The fourth-order valence-electron chi connectivity index (χ4n) is 3.47. The highest BCUT2D eigenvalue weighted by molar-refractivity contribution is 9.10. The first-order valence-corrected chi connectivity index (χ1v) is 8.86. The van der Waals surface area contributed by atoms with Crippen molar-refractivity contribution in [2.45, 2.75) is 70.8 Å². The van der Waals surface area contributed by atoms with Crippen LogP contribution in [0.5, 0.6) is 0 Å². The summed E-state index contributed by atoms with van der Waals surface area (Å²) in [5.74, 6) is 0. The zero-order valence-corrected chi connectivity index (χ0v) is 14.7.